The van der Waals surface area contributed by atoms with E-state index in [-0.39, 0.29) is 18.2 Å². The molecule has 1 aliphatic rings. The van der Waals surface area contributed by atoms with Gasteiger partial charge >= 0.3 is 6.03 Å². The van der Waals surface area contributed by atoms with E-state index in [2.05, 4.69) is 29.0 Å². The number of rotatable bonds is 5. The summed E-state index contributed by atoms with van der Waals surface area (Å²) in [4.78, 5) is 20.9. The van der Waals surface area contributed by atoms with Crippen molar-refractivity contribution in [3.05, 3.63) is 54.4 Å². The maximum Gasteiger partial charge on any atom is 0.321 e. The summed E-state index contributed by atoms with van der Waals surface area (Å²) in [6.45, 7) is 6.39. The number of benzene rings is 1. The highest BCUT2D eigenvalue weighted by Crippen LogP contribution is 2.28. The number of urea groups is 1. The average Bonchev–Trinajstić information content (AvgIpc) is 2.66. The Labute approximate surface area is 161 Å². The zero-order chi connectivity index (χ0) is 19.2. The number of amides is 2. The lowest BCUT2D eigenvalue weighted by Crippen LogP contribution is -2.46. The molecule has 0 bridgehead atoms. The summed E-state index contributed by atoms with van der Waals surface area (Å²) >= 11 is 0. The van der Waals surface area contributed by atoms with Gasteiger partial charge in [-0.15, -0.1) is 0 Å². The topological polar surface area (TPSA) is 57.7 Å². The van der Waals surface area contributed by atoms with Crippen LogP contribution >= 0.6 is 0 Å². The van der Waals surface area contributed by atoms with Gasteiger partial charge in [0.15, 0.2) is 0 Å². The predicted octanol–water partition coefficient (Wildman–Crippen LogP) is 3.40. The SMILES string of the molecule is C[C@@H]1CN(c2ccccc2NC(=O)N(C)CCc2ccccn2)C[C@H](C)O1. The molecule has 0 unspecified atom stereocenters. The van der Waals surface area contributed by atoms with Crippen molar-refractivity contribution in [2.75, 3.05) is 36.9 Å². The molecule has 27 heavy (non-hydrogen) atoms. The molecule has 1 N–H and O–H groups in total. The number of morpholine rings is 1. The van der Waals surface area contributed by atoms with E-state index in [1.54, 1.807) is 18.1 Å². The standard InChI is InChI=1S/C21H28N4O2/c1-16-14-25(15-17(2)27-16)20-10-5-4-9-19(20)23-21(26)24(3)13-11-18-8-6-7-12-22-18/h4-10,12,16-17H,11,13-15H2,1-3H3,(H,23,26)/t16-,17+. The van der Waals surface area contributed by atoms with Gasteiger partial charge in [-0.2, -0.15) is 0 Å². The number of ether oxygens (including phenoxy) is 1. The number of carbonyl (C=O) groups excluding carboxylic acids is 1. The van der Waals surface area contributed by atoms with E-state index in [0.29, 0.717) is 6.54 Å². The lowest BCUT2D eigenvalue weighted by molar-refractivity contribution is -0.00517. The van der Waals surface area contributed by atoms with Crippen molar-refractivity contribution in [1.29, 1.82) is 0 Å². The predicted molar refractivity (Wildman–Crippen MR) is 108 cm³/mol. The third kappa shape index (κ3) is 5.20. The van der Waals surface area contributed by atoms with E-state index in [1.807, 2.05) is 42.5 Å². The number of carbonyl (C=O) groups is 1. The minimum atomic E-state index is -0.118. The molecular weight excluding hydrogens is 340 g/mol. The largest absolute Gasteiger partial charge is 0.372 e. The minimum absolute atomic E-state index is 0.118. The van der Waals surface area contributed by atoms with Crippen LogP contribution in [0, 0.1) is 0 Å². The first-order valence-corrected chi connectivity index (χ1v) is 9.44. The lowest BCUT2D eigenvalue weighted by atomic mass is 10.1. The molecule has 1 aromatic carbocycles. The molecule has 0 saturated carbocycles. The quantitative estimate of drug-likeness (QED) is 0.879. The van der Waals surface area contributed by atoms with Crippen LogP contribution in [0.5, 0.6) is 0 Å². The van der Waals surface area contributed by atoms with Gasteiger partial charge in [-0.25, -0.2) is 4.79 Å². The molecule has 6 heteroatoms. The van der Waals surface area contributed by atoms with Gasteiger partial charge in [0, 0.05) is 45.0 Å². The van der Waals surface area contributed by atoms with Crippen molar-refractivity contribution in [2.45, 2.75) is 32.5 Å². The number of hydrogen-bond acceptors (Lipinski definition) is 4. The van der Waals surface area contributed by atoms with Gasteiger partial charge in [0.05, 0.1) is 23.6 Å². The first kappa shape index (κ1) is 19.2. The van der Waals surface area contributed by atoms with Gasteiger partial charge in [0.25, 0.3) is 0 Å². The summed E-state index contributed by atoms with van der Waals surface area (Å²) in [6, 6.07) is 13.7. The van der Waals surface area contributed by atoms with Crippen molar-refractivity contribution >= 4 is 17.4 Å². The molecule has 2 amide bonds. The van der Waals surface area contributed by atoms with Gasteiger partial charge in [-0.1, -0.05) is 18.2 Å². The molecule has 0 spiro atoms. The van der Waals surface area contributed by atoms with Gasteiger partial charge < -0.3 is 19.9 Å². The third-order valence-electron chi connectivity index (χ3n) is 4.68. The van der Waals surface area contributed by atoms with Crippen LogP contribution in [0.3, 0.4) is 0 Å². The van der Waals surface area contributed by atoms with Crippen LogP contribution < -0.4 is 10.2 Å². The minimum Gasteiger partial charge on any atom is -0.372 e. The van der Waals surface area contributed by atoms with Gasteiger partial charge in [0.1, 0.15) is 0 Å². The van der Waals surface area contributed by atoms with Crippen LogP contribution in [0.4, 0.5) is 16.2 Å². The Kier molecular flexibility index (Phi) is 6.29. The first-order chi connectivity index (χ1) is 13.0. The smallest absolute Gasteiger partial charge is 0.321 e. The summed E-state index contributed by atoms with van der Waals surface area (Å²) in [5.41, 5.74) is 2.84. The monoisotopic (exact) mass is 368 g/mol. The van der Waals surface area contributed by atoms with Crippen LogP contribution in [0.1, 0.15) is 19.5 Å². The number of likely N-dealkylation sites (N-methyl/N-ethyl adjacent to an activating group) is 1. The summed E-state index contributed by atoms with van der Waals surface area (Å²) < 4.78 is 5.83. The molecule has 0 radical (unpaired) electrons. The highest BCUT2D eigenvalue weighted by atomic mass is 16.5. The summed E-state index contributed by atoms with van der Waals surface area (Å²) in [5.74, 6) is 0. The number of para-hydroxylation sites is 2. The van der Waals surface area contributed by atoms with Gasteiger partial charge in [0.2, 0.25) is 0 Å². The highest BCUT2D eigenvalue weighted by Gasteiger charge is 2.24. The number of anilines is 2. The van der Waals surface area contributed by atoms with E-state index in [0.717, 1.165) is 36.6 Å². The number of aromatic nitrogens is 1. The molecular formula is C21H28N4O2. The fraction of sp³-hybridized carbons (Fsp3) is 0.429. The molecule has 2 atom stereocenters. The Morgan fingerprint density at radius 1 is 1.19 bits per heavy atom. The van der Waals surface area contributed by atoms with Crippen LogP contribution in [-0.4, -0.2) is 54.8 Å². The van der Waals surface area contributed by atoms with E-state index < -0.39 is 0 Å². The zero-order valence-electron chi connectivity index (χ0n) is 16.3. The number of nitrogens with one attached hydrogen (secondary N) is 1. The molecule has 1 fully saturated rings. The number of nitrogens with zero attached hydrogens (tertiary/aromatic N) is 3. The van der Waals surface area contributed by atoms with E-state index in [1.165, 1.54) is 0 Å². The fourth-order valence-corrected chi connectivity index (χ4v) is 3.37. The first-order valence-electron chi connectivity index (χ1n) is 9.44. The highest BCUT2D eigenvalue weighted by molar-refractivity contribution is 5.93. The van der Waals surface area contributed by atoms with Crippen molar-refractivity contribution < 1.29 is 9.53 Å². The zero-order valence-corrected chi connectivity index (χ0v) is 16.3. The summed E-state index contributed by atoms with van der Waals surface area (Å²) in [5, 5.41) is 3.06. The van der Waals surface area contributed by atoms with E-state index >= 15 is 0 Å². The second-order valence-electron chi connectivity index (χ2n) is 7.10. The molecule has 2 heterocycles. The molecule has 144 valence electrons. The van der Waals surface area contributed by atoms with Gasteiger partial charge in [-0.3, -0.25) is 4.98 Å². The average molecular weight is 368 g/mol. The van der Waals surface area contributed by atoms with Crippen LogP contribution in [0.2, 0.25) is 0 Å². The Hall–Kier alpha value is -2.60. The van der Waals surface area contributed by atoms with Crippen molar-refractivity contribution in [3.63, 3.8) is 0 Å². The maximum absolute atomic E-state index is 12.6. The molecule has 0 aliphatic carbocycles. The Bertz CT molecular complexity index is 743. The van der Waals surface area contributed by atoms with Crippen LogP contribution in [-0.2, 0) is 11.2 Å². The summed E-state index contributed by atoms with van der Waals surface area (Å²) in [6.07, 6.45) is 2.83. The van der Waals surface area contributed by atoms with Crippen molar-refractivity contribution in [1.82, 2.24) is 9.88 Å². The van der Waals surface area contributed by atoms with Crippen LogP contribution in [0.15, 0.2) is 48.7 Å². The normalized spacial score (nSPS) is 19.6. The van der Waals surface area contributed by atoms with Crippen molar-refractivity contribution in [3.8, 4) is 0 Å². The molecule has 3 rings (SSSR count). The van der Waals surface area contributed by atoms with Crippen molar-refractivity contribution in [2.24, 2.45) is 0 Å². The second-order valence-corrected chi connectivity index (χ2v) is 7.10. The number of hydrogen-bond donors (Lipinski definition) is 1. The van der Waals surface area contributed by atoms with Crippen LogP contribution in [0.25, 0.3) is 0 Å². The van der Waals surface area contributed by atoms with E-state index in [4.69, 9.17) is 4.74 Å². The third-order valence-corrected chi connectivity index (χ3v) is 4.68. The second kappa shape index (κ2) is 8.86. The Morgan fingerprint density at radius 2 is 1.89 bits per heavy atom. The summed E-state index contributed by atoms with van der Waals surface area (Å²) in [7, 11) is 1.81. The fourth-order valence-electron chi connectivity index (χ4n) is 3.37. The molecule has 6 nitrogen and oxygen atoms in total. The van der Waals surface area contributed by atoms with Gasteiger partial charge in [-0.05, 0) is 38.1 Å². The molecule has 1 aliphatic heterocycles. The Morgan fingerprint density at radius 3 is 2.59 bits per heavy atom. The molecule has 1 saturated heterocycles. The van der Waals surface area contributed by atoms with E-state index in [9.17, 15) is 4.79 Å². The molecule has 1 aromatic heterocycles. The molecule has 2 aromatic rings. The lowest BCUT2D eigenvalue weighted by Gasteiger charge is -2.37. The maximum atomic E-state index is 12.6. The number of pyridine rings is 1. The Balaban J connectivity index is 1.63.